The Bertz CT molecular complexity index is 954. The number of ketones is 1. The van der Waals surface area contributed by atoms with E-state index in [0.717, 1.165) is 0 Å². The van der Waals surface area contributed by atoms with E-state index >= 15 is 0 Å². The Morgan fingerprint density at radius 1 is 1.15 bits per heavy atom. The SMILES string of the molecule is CC(C)CS(=O)(=O)c1ccc(C(=O)c2ccc3n2CCC3C(=O)O)cc1. The van der Waals surface area contributed by atoms with E-state index < -0.39 is 21.7 Å². The van der Waals surface area contributed by atoms with E-state index in [1.54, 1.807) is 16.7 Å². The molecule has 2 heterocycles. The molecule has 7 heteroatoms. The first-order valence-electron chi connectivity index (χ1n) is 8.50. The Kier molecular flexibility index (Phi) is 4.75. The van der Waals surface area contributed by atoms with Crippen LogP contribution in [0.5, 0.6) is 0 Å². The molecule has 1 aliphatic heterocycles. The lowest BCUT2D eigenvalue weighted by molar-refractivity contribution is -0.138. The van der Waals surface area contributed by atoms with Gasteiger partial charge in [-0.05, 0) is 48.7 Å². The number of aromatic nitrogens is 1. The number of benzene rings is 1. The second-order valence-corrected chi connectivity index (χ2v) is 9.04. The molecule has 2 aromatic rings. The van der Waals surface area contributed by atoms with Crippen LogP contribution in [-0.2, 0) is 21.2 Å². The molecule has 0 spiro atoms. The summed E-state index contributed by atoms with van der Waals surface area (Å²) in [7, 11) is -3.36. The van der Waals surface area contributed by atoms with Gasteiger partial charge in [-0.2, -0.15) is 0 Å². The zero-order chi connectivity index (χ0) is 19.1. The topological polar surface area (TPSA) is 93.4 Å². The maximum atomic E-state index is 12.8. The van der Waals surface area contributed by atoms with Crippen LogP contribution in [0.1, 0.15) is 47.9 Å². The summed E-state index contributed by atoms with van der Waals surface area (Å²) in [6.07, 6.45) is 0.470. The van der Waals surface area contributed by atoms with Gasteiger partial charge in [0.05, 0.1) is 22.3 Å². The number of hydrogen-bond donors (Lipinski definition) is 1. The fourth-order valence-corrected chi connectivity index (χ4v) is 5.01. The summed E-state index contributed by atoms with van der Waals surface area (Å²) in [4.78, 5) is 24.2. The molecule has 1 aliphatic rings. The van der Waals surface area contributed by atoms with Crippen molar-refractivity contribution in [2.24, 2.45) is 5.92 Å². The van der Waals surface area contributed by atoms with Crippen LogP contribution >= 0.6 is 0 Å². The highest BCUT2D eigenvalue weighted by molar-refractivity contribution is 7.91. The standard InChI is InChI=1S/C19H21NO5S/c1-12(2)11-26(24,25)14-5-3-13(4-6-14)18(21)17-8-7-16-15(19(22)23)9-10-20(16)17/h3-8,12,15H,9-11H2,1-2H3,(H,22,23). The molecule has 6 nitrogen and oxygen atoms in total. The number of nitrogens with zero attached hydrogens (tertiary/aromatic N) is 1. The predicted molar refractivity (Wildman–Crippen MR) is 96.2 cm³/mol. The molecule has 1 atom stereocenters. The van der Waals surface area contributed by atoms with E-state index in [1.165, 1.54) is 24.3 Å². The number of sulfone groups is 1. The van der Waals surface area contributed by atoms with Gasteiger partial charge in [0.1, 0.15) is 0 Å². The van der Waals surface area contributed by atoms with Crippen LogP contribution in [0.3, 0.4) is 0 Å². The van der Waals surface area contributed by atoms with E-state index in [-0.39, 0.29) is 22.3 Å². The Labute approximate surface area is 152 Å². The first-order valence-corrected chi connectivity index (χ1v) is 10.2. The minimum Gasteiger partial charge on any atom is -0.481 e. The van der Waals surface area contributed by atoms with Gasteiger partial charge in [-0.1, -0.05) is 13.8 Å². The van der Waals surface area contributed by atoms with Crippen molar-refractivity contribution < 1.29 is 23.1 Å². The molecular weight excluding hydrogens is 354 g/mol. The molecule has 138 valence electrons. The van der Waals surface area contributed by atoms with E-state index in [0.29, 0.717) is 29.9 Å². The third-order valence-electron chi connectivity index (χ3n) is 4.57. The van der Waals surface area contributed by atoms with E-state index in [1.807, 2.05) is 13.8 Å². The van der Waals surface area contributed by atoms with Gasteiger partial charge in [0.15, 0.2) is 9.84 Å². The summed E-state index contributed by atoms with van der Waals surface area (Å²) in [6.45, 7) is 4.17. The van der Waals surface area contributed by atoms with Crippen LogP contribution in [0.2, 0.25) is 0 Å². The summed E-state index contributed by atoms with van der Waals surface area (Å²) in [5.74, 6) is -1.63. The van der Waals surface area contributed by atoms with Crippen LogP contribution in [0.15, 0.2) is 41.3 Å². The van der Waals surface area contributed by atoms with Gasteiger partial charge >= 0.3 is 5.97 Å². The highest BCUT2D eigenvalue weighted by Crippen LogP contribution is 2.31. The lowest BCUT2D eigenvalue weighted by atomic mass is 10.1. The first-order chi connectivity index (χ1) is 12.2. The van der Waals surface area contributed by atoms with Crippen molar-refractivity contribution in [3.8, 4) is 0 Å². The van der Waals surface area contributed by atoms with Gasteiger partial charge in [-0.3, -0.25) is 9.59 Å². The van der Waals surface area contributed by atoms with Gasteiger partial charge in [-0.15, -0.1) is 0 Å². The number of hydrogen-bond acceptors (Lipinski definition) is 4. The highest BCUT2D eigenvalue weighted by Gasteiger charge is 2.31. The predicted octanol–water partition coefficient (Wildman–Crippen LogP) is 2.72. The zero-order valence-corrected chi connectivity index (χ0v) is 15.5. The molecule has 3 rings (SSSR count). The third-order valence-corrected chi connectivity index (χ3v) is 6.67. The summed E-state index contributed by atoms with van der Waals surface area (Å²) in [5, 5.41) is 9.24. The van der Waals surface area contributed by atoms with Crippen LogP contribution in [-0.4, -0.2) is 35.6 Å². The van der Waals surface area contributed by atoms with Gasteiger partial charge in [0, 0.05) is 17.8 Å². The quantitative estimate of drug-likeness (QED) is 0.784. The Morgan fingerprint density at radius 2 is 1.81 bits per heavy atom. The van der Waals surface area contributed by atoms with Crippen molar-refractivity contribution in [3.63, 3.8) is 0 Å². The maximum absolute atomic E-state index is 12.8. The number of aliphatic carboxylic acids is 1. The fraction of sp³-hybridized carbons (Fsp3) is 0.368. The average molecular weight is 375 g/mol. The molecule has 1 unspecified atom stereocenters. The van der Waals surface area contributed by atoms with Gasteiger partial charge in [-0.25, -0.2) is 8.42 Å². The molecule has 0 amide bonds. The van der Waals surface area contributed by atoms with E-state index in [4.69, 9.17) is 0 Å². The molecule has 26 heavy (non-hydrogen) atoms. The molecule has 0 radical (unpaired) electrons. The second kappa shape index (κ2) is 6.72. The molecule has 0 saturated carbocycles. The lowest BCUT2D eigenvalue weighted by Gasteiger charge is -2.09. The Morgan fingerprint density at radius 3 is 2.38 bits per heavy atom. The van der Waals surface area contributed by atoms with Crippen molar-refractivity contribution in [2.75, 3.05) is 5.75 Å². The van der Waals surface area contributed by atoms with E-state index in [9.17, 15) is 23.1 Å². The molecule has 0 aliphatic carbocycles. The van der Waals surface area contributed by atoms with Gasteiger partial charge in [0.25, 0.3) is 0 Å². The monoisotopic (exact) mass is 375 g/mol. The van der Waals surface area contributed by atoms with Crippen LogP contribution in [0.25, 0.3) is 0 Å². The minimum absolute atomic E-state index is 0.0202. The Hall–Kier alpha value is -2.41. The number of carbonyl (C=O) groups excluding carboxylic acids is 1. The fourth-order valence-electron chi connectivity index (χ4n) is 3.39. The van der Waals surface area contributed by atoms with Gasteiger partial charge < -0.3 is 9.67 Å². The molecule has 0 saturated heterocycles. The molecule has 0 bridgehead atoms. The van der Waals surface area contributed by atoms with Crippen molar-refractivity contribution in [3.05, 3.63) is 53.3 Å². The number of carbonyl (C=O) groups is 2. The number of carboxylic acid groups (broad SMARTS) is 1. The summed E-state index contributed by atoms with van der Waals surface area (Å²) in [6, 6.07) is 9.26. The molecule has 0 fully saturated rings. The average Bonchev–Trinajstić information content (AvgIpc) is 3.14. The molecule has 1 aromatic carbocycles. The van der Waals surface area contributed by atoms with E-state index in [2.05, 4.69) is 0 Å². The summed E-state index contributed by atoms with van der Waals surface area (Å²) >= 11 is 0. The number of carboxylic acids is 1. The van der Waals surface area contributed by atoms with Crippen molar-refractivity contribution >= 4 is 21.6 Å². The highest BCUT2D eigenvalue weighted by atomic mass is 32.2. The van der Waals surface area contributed by atoms with Crippen molar-refractivity contribution in [2.45, 2.75) is 37.6 Å². The van der Waals surface area contributed by atoms with Crippen molar-refractivity contribution in [1.82, 2.24) is 4.57 Å². The van der Waals surface area contributed by atoms with Crippen LogP contribution < -0.4 is 0 Å². The smallest absolute Gasteiger partial charge is 0.312 e. The minimum atomic E-state index is -3.36. The van der Waals surface area contributed by atoms with Crippen LogP contribution in [0, 0.1) is 5.92 Å². The maximum Gasteiger partial charge on any atom is 0.312 e. The molecular formula is C19H21NO5S. The van der Waals surface area contributed by atoms with Crippen molar-refractivity contribution in [1.29, 1.82) is 0 Å². The van der Waals surface area contributed by atoms with Gasteiger partial charge in [0.2, 0.25) is 5.78 Å². The lowest BCUT2D eigenvalue weighted by Crippen LogP contribution is -2.13. The normalized spacial score (nSPS) is 16.7. The number of fused-ring (bicyclic) bond motifs is 1. The largest absolute Gasteiger partial charge is 0.481 e. The Balaban J connectivity index is 1.87. The first kappa shape index (κ1) is 18.4. The zero-order valence-electron chi connectivity index (χ0n) is 14.7. The molecule has 1 N–H and O–H groups in total. The molecule has 1 aromatic heterocycles. The second-order valence-electron chi connectivity index (χ2n) is 7.00. The summed E-state index contributed by atoms with van der Waals surface area (Å²) < 4.78 is 26.3. The summed E-state index contributed by atoms with van der Waals surface area (Å²) in [5.41, 5.74) is 1.45. The van der Waals surface area contributed by atoms with Crippen LogP contribution in [0.4, 0.5) is 0 Å². The number of rotatable bonds is 6. The third kappa shape index (κ3) is 3.31.